The molecular weight excluding hydrogens is 412 g/mol. The molecule has 0 fully saturated rings. The first kappa shape index (κ1) is 17.6. The molecule has 0 amide bonds. The predicted octanol–water partition coefficient (Wildman–Crippen LogP) is 2.79. The lowest BCUT2D eigenvalue weighted by atomic mass is 10.0. The van der Waals surface area contributed by atoms with Gasteiger partial charge in [-0.2, -0.15) is 0 Å². The van der Waals surface area contributed by atoms with E-state index >= 15 is 0 Å². The molecule has 11 heteroatoms. The molecule has 0 unspecified atom stereocenters. The number of aromatic amines is 1. The fourth-order valence-electron chi connectivity index (χ4n) is 2.55. The lowest BCUT2D eigenvalue weighted by Crippen LogP contribution is -2.13. The molecule has 0 bridgehead atoms. The number of benzene rings is 1. The second kappa shape index (κ2) is 6.26. The van der Waals surface area contributed by atoms with Crippen LogP contribution < -0.4 is 5.56 Å². The minimum atomic E-state index is -0.875. The van der Waals surface area contributed by atoms with Gasteiger partial charge in [-0.05, 0) is 41.4 Å². The lowest BCUT2D eigenvalue weighted by Gasteiger charge is -2.08. The van der Waals surface area contributed by atoms with E-state index in [-0.39, 0.29) is 22.6 Å². The SMILES string of the molecule is Cc1[nH]c(=O)c(-c2nnoc2-c2cc(O)c(O)c([N+](=O)[O-])c2)c(C)c1Br. The maximum Gasteiger partial charge on any atom is 0.315 e. The van der Waals surface area contributed by atoms with Gasteiger partial charge in [0.1, 0.15) is 5.69 Å². The van der Waals surface area contributed by atoms with Gasteiger partial charge in [0.05, 0.1) is 10.5 Å². The highest BCUT2D eigenvalue weighted by Crippen LogP contribution is 2.41. The number of hydrogen-bond acceptors (Lipinski definition) is 8. The number of nitro benzene ring substituents is 1. The van der Waals surface area contributed by atoms with Gasteiger partial charge in [0.15, 0.2) is 11.5 Å². The summed E-state index contributed by atoms with van der Waals surface area (Å²) < 4.78 is 5.72. The van der Waals surface area contributed by atoms with Gasteiger partial charge < -0.3 is 19.7 Å². The van der Waals surface area contributed by atoms with Crippen molar-refractivity contribution < 1.29 is 19.7 Å². The van der Waals surface area contributed by atoms with Crippen molar-refractivity contribution in [2.45, 2.75) is 13.8 Å². The molecule has 0 saturated carbocycles. The highest BCUT2D eigenvalue weighted by atomic mass is 79.9. The Morgan fingerprint density at radius 2 is 2.00 bits per heavy atom. The number of nitro groups is 1. The van der Waals surface area contributed by atoms with Gasteiger partial charge >= 0.3 is 5.69 Å². The minimum Gasteiger partial charge on any atom is -0.504 e. The Kier molecular flexibility index (Phi) is 4.24. The van der Waals surface area contributed by atoms with E-state index in [0.29, 0.717) is 15.7 Å². The maximum atomic E-state index is 12.4. The number of pyridine rings is 1. The van der Waals surface area contributed by atoms with Crippen molar-refractivity contribution in [3.63, 3.8) is 0 Å². The number of nitrogens with one attached hydrogen (secondary N) is 1. The van der Waals surface area contributed by atoms with Gasteiger partial charge in [-0.3, -0.25) is 14.9 Å². The van der Waals surface area contributed by atoms with E-state index in [1.54, 1.807) is 13.8 Å². The third-order valence-corrected chi connectivity index (χ3v) is 5.00. The van der Waals surface area contributed by atoms with Crippen molar-refractivity contribution in [1.29, 1.82) is 0 Å². The minimum absolute atomic E-state index is 0.0301. The predicted molar refractivity (Wildman–Crippen MR) is 92.9 cm³/mol. The average molecular weight is 423 g/mol. The van der Waals surface area contributed by atoms with Crippen LogP contribution in [0.5, 0.6) is 11.5 Å². The molecule has 0 aliphatic rings. The summed E-state index contributed by atoms with van der Waals surface area (Å²) in [6.07, 6.45) is 0. The van der Waals surface area contributed by atoms with Gasteiger partial charge in [0.2, 0.25) is 5.75 Å². The summed E-state index contributed by atoms with van der Waals surface area (Å²) in [5.41, 5.74) is 0.254. The van der Waals surface area contributed by atoms with E-state index in [0.717, 1.165) is 12.1 Å². The molecule has 0 spiro atoms. The Hall–Kier alpha value is -3.21. The van der Waals surface area contributed by atoms with Gasteiger partial charge in [-0.1, -0.05) is 0 Å². The Balaban J connectivity index is 2.29. The quantitative estimate of drug-likeness (QED) is 0.330. The molecule has 0 saturated heterocycles. The molecule has 3 N–H and O–H groups in total. The van der Waals surface area contributed by atoms with Gasteiger partial charge in [0.25, 0.3) is 5.56 Å². The zero-order chi connectivity index (χ0) is 19.2. The van der Waals surface area contributed by atoms with E-state index in [2.05, 4.69) is 31.3 Å². The van der Waals surface area contributed by atoms with Crippen molar-refractivity contribution in [3.8, 4) is 34.1 Å². The molecule has 0 aliphatic heterocycles. The second-order valence-corrected chi connectivity index (χ2v) is 6.26. The molecular formula is C15H11BrN4O6. The Bertz CT molecular complexity index is 1100. The number of aromatic nitrogens is 3. The van der Waals surface area contributed by atoms with Crippen LogP contribution in [0.2, 0.25) is 0 Å². The number of H-pyrrole nitrogens is 1. The van der Waals surface area contributed by atoms with Crippen molar-refractivity contribution >= 4 is 21.6 Å². The first-order valence-corrected chi connectivity index (χ1v) is 7.94. The molecule has 26 heavy (non-hydrogen) atoms. The van der Waals surface area contributed by atoms with E-state index in [9.17, 15) is 25.1 Å². The Morgan fingerprint density at radius 3 is 2.65 bits per heavy atom. The van der Waals surface area contributed by atoms with E-state index in [1.807, 2.05) is 0 Å². The van der Waals surface area contributed by atoms with Crippen LogP contribution in [0.1, 0.15) is 11.3 Å². The number of nitrogens with zero attached hydrogens (tertiary/aromatic N) is 3. The molecule has 0 atom stereocenters. The summed E-state index contributed by atoms with van der Waals surface area (Å²) in [5.74, 6) is -1.65. The summed E-state index contributed by atoms with van der Waals surface area (Å²) in [6, 6.07) is 2.05. The van der Waals surface area contributed by atoms with Gasteiger partial charge in [-0.15, -0.1) is 5.10 Å². The van der Waals surface area contributed by atoms with E-state index in [4.69, 9.17) is 4.52 Å². The number of phenols is 2. The van der Waals surface area contributed by atoms with Crippen LogP contribution in [0.4, 0.5) is 5.69 Å². The standard InChI is InChI=1S/C15H11BrN4O6/c1-5-10(15(23)17-6(2)11(5)16)12-14(26-19-18-12)7-3-8(20(24)25)13(22)9(21)4-7/h3-4,21-22H,1-2H3,(H,17,23). The Morgan fingerprint density at radius 1 is 1.31 bits per heavy atom. The van der Waals surface area contributed by atoms with E-state index in [1.165, 1.54) is 0 Å². The third-order valence-electron chi connectivity index (χ3n) is 3.81. The number of phenolic OH excluding ortho intramolecular Hbond substituents is 2. The van der Waals surface area contributed by atoms with Crippen LogP contribution in [-0.2, 0) is 0 Å². The smallest absolute Gasteiger partial charge is 0.315 e. The van der Waals surface area contributed by atoms with Crippen LogP contribution in [0.25, 0.3) is 22.6 Å². The molecule has 2 heterocycles. The fraction of sp³-hybridized carbons (Fsp3) is 0.133. The van der Waals surface area contributed by atoms with Crippen LogP contribution >= 0.6 is 15.9 Å². The summed E-state index contributed by atoms with van der Waals surface area (Å²) in [5, 5.41) is 37.7. The first-order chi connectivity index (χ1) is 12.2. The molecule has 0 aliphatic carbocycles. The topological polar surface area (TPSA) is 155 Å². The zero-order valence-electron chi connectivity index (χ0n) is 13.4. The van der Waals surface area contributed by atoms with Crippen LogP contribution in [0.15, 0.2) is 25.9 Å². The number of aryl methyl sites for hydroxylation is 1. The third kappa shape index (κ3) is 2.71. The highest BCUT2D eigenvalue weighted by Gasteiger charge is 2.26. The van der Waals surface area contributed by atoms with Gasteiger partial charge in [0, 0.05) is 27.1 Å². The zero-order valence-corrected chi connectivity index (χ0v) is 15.0. The summed E-state index contributed by atoms with van der Waals surface area (Å²) in [4.78, 5) is 25.3. The number of hydrogen-bond donors (Lipinski definition) is 3. The number of halogens is 1. The lowest BCUT2D eigenvalue weighted by molar-refractivity contribution is -0.385. The first-order valence-electron chi connectivity index (χ1n) is 7.14. The summed E-state index contributed by atoms with van der Waals surface area (Å²) in [7, 11) is 0. The molecule has 0 radical (unpaired) electrons. The Labute approximate surface area is 153 Å². The van der Waals surface area contributed by atoms with Crippen LogP contribution in [0.3, 0.4) is 0 Å². The fourth-order valence-corrected chi connectivity index (χ4v) is 2.85. The molecule has 1 aromatic carbocycles. The van der Waals surface area contributed by atoms with Crippen molar-refractivity contribution in [1.82, 2.24) is 15.4 Å². The normalized spacial score (nSPS) is 10.9. The number of rotatable bonds is 3. The molecule has 3 rings (SSSR count). The van der Waals surface area contributed by atoms with Crippen molar-refractivity contribution in [2.75, 3.05) is 0 Å². The highest BCUT2D eigenvalue weighted by molar-refractivity contribution is 9.10. The molecule has 134 valence electrons. The monoisotopic (exact) mass is 422 g/mol. The number of aromatic hydroxyl groups is 2. The van der Waals surface area contributed by atoms with Crippen molar-refractivity contribution in [2.24, 2.45) is 0 Å². The van der Waals surface area contributed by atoms with Crippen molar-refractivity contribution in [3.05, 3.63) is 48.3 Å². The second-order valence-electron chi connectivity index (χ2n) is 5.46. The summed E-state index contributed by atoms with van der Waals surface area (Å²) in [6.45, 7) is 3.41. The largest absolute Gasteiger partial charge is 0.504 e. The summed E-state index contributed by atoms with van der Waals surface area (Å²) >= 11 is 3.37. The molecule has 2 aromatic heterocycles. The molecule has 10 nitrogen and oxygen atoms in total. The van der Waals surface area contributed by atoms with Crippen LogP contribution in [0, 0.1) is 24.0 Å². The van der Waals surface area contributed by atoms with E-state index < -0.39 is 27.7 Å². The molecule has 3 aromatic rings. The van der Waals surface area contributed by atoms with Crippen LogP contribution in [-0.4, -0.2) is 30.5 Å². The average Bonchev–Trinajstić information content (AvgIpc) is 3.04. The van der Waals surface area contributed by atoms with Gasteiger partial charge in [-0.25, -0.2) is 0 Å². The maximum absolute atomic E-state index is 12.4.